The van der Waals surface area contributed by atoms with Gasteiger partial charge in [-0.2, -0.15) is 5.10 Å². The van der Waals surface area contributed by atoms with Crippen LogP contribution in [-0.4, -0.2) is 31.8 Å². The van der Waals surface area contributed by atoms with E-state index in [1.165, 1.54) is 0 Å². The predicted octanol–water partition coefficient (Wildman–Crippen LogP) is 4.52. The molecule has 30 heavy (non-hydrogen) atoms. The van der Waals surface area contributed by atoms with Gasteiger partial charge in [-0.05, 0) is 52.7 Å². The van der Waals surface area contributed by atoms with Gasteiger partial charge in [0.2, 0.25) is 11.6 Å². The first kappa shape index (κ1) is 18.4. The summed E-state index contributed by atoms with van der Waals surface area (Å²) in [5.74, 6) is 2.34. The van der Waals surface area contributed by atoms with E-state index in [-0.39, 0.29) is 6.79 Å². The summed E-state index contributed by atoms with van der Waals surface area (Å²) < 4.78 is 18.0. The maximum atomic E-state index is 5.46. The molecule has 0 aliphatic carbocycles. The standard InChI is InChI=1S/C23H19N3O3S/c1-24-23-26(25-12-15-3-8-21-22(9-15)29-14-28-21)20(13-30-23)18-5-4-17-11-19(27-2)7-6-16(17)10-18/h3-13H,14H2,1-2H3. The number of thiazole rings is 1. The molecule has 7 heteroatoms. The third kappa shape index (κ3) is 3.33. The van der Waals surface area contributed by atoms with Crippen molar-refractivity contribution in [2.75, 3.05) is 21.0 Å². The van der Waals surface area contributed by atoms with Gasteiger partial charge in [-0.25, -0.2) is 4.68 Å². The van der Waals surface area contributed by atoms with Crippen LogP contribution in [0, 0.1) is 0 Å². The van der Waals surface area contributed by atoms with Crippen LogP contribution < -0.4 is 19.0 Å². The van der Waals surface area contributed by atoms with E-state index in [2.05, 4.69) is 34.6 Å². The molecule has 150 valence electrons. The smallest absolute Gasteiger partial charge is 0.231 e. The molecule has 0 atom stereocenters. The van der Waals surface area contributed by atoms with Gasteiger partial charge in [-0.15, -0.1) is 11.3 Å². The summed E-state index contributed by atoms with van der Waals surface area (Å²) >= 11 is 1.56. The van der Waals surface area contributed by atoms with Gasteiger partial charge in [0.15, 0.2) is 11.5 Å². The van der Waals surface area contributed by atoms with Crippen LogP contribution in [0.1, 0.15) is 5.56 Å². The highest BCUT2D eigenvalue weighted by Crippen LogP contribution is 2.32. The van der Waals surface area contributed by atoms with Crippen LogP contribution in [0.3, 0.4) is 0 Å². The predicted molar refractivity (Wildman–Crippen MR) is 119 cm³/mol. The molecule has 1 aromatic heterocycles. The maximum absolute atomic E-state index is 5.46. The van der Waals surface area contributed by atoms with Crippen LogP contribution in [0.15, 0.2) is 70.1 Å². The van der Waals surface area contributed by atoms with Crippen LogP contribution in [0.5, 0.6) is 17.2 Å². The Bertz CT molecular complexity index is 1340. The van der Waals surface area contributed by atoms with Crippen LogP contribution >= 0.6 is 11.3 Å². The number of fused-ring (bicyclic) bond motifs is 2. The third-order valence-electron chi connectivity index (χ3n) is 4.94. The Kier molecular flexibility index (Phi) is 4.72. The largest absolute Gasteiger partial charge is 0.497 e. The second-order valence-corrected chi connectivity index (χ2v) is 7.56. The van der Waals surface area contributed by atoms with Gasteiger partial charge in [0.1, 0.15) is 5.75 Å². The fraction of sp³-hybridized carbons (Fsp3) is 0.130. The monoisotopic (exact) mass is 417 g/mol. The topological polar surface area (TPSA) is 57.3 Å². The van der Waals surface area contributed by atoms with Gasteiger partial charge in [-0.1, -0.05) is 18.2 Å². The highest BCUT2D eigenvalue weighted by Gasteiger charge is 2.13. The summed E-state index contributed by atoms with van der Waals surface area (Å²) in [5, 5.41) is 9.05. The molecule has 3 aromatic carbocycles. The Morgan fingerprint density at radius 3 is 2.70 bits per heavy atom. The molecule has 0 N–H and O–H groups in total. The van der Waals surface area contributed by atoms with Gasteiger partial charge in [0.05, 0.1) is 19.0 Å². The molecule has 0 bridgehead atoms. The molecule has 0 saturated carbocycles. The van der Waals surface area contributed by atoms with Gasteiger partial charge < -0.3 is 14.2 Å². The minimum atomic E-state index is 0.256. The molecule has 0 fully saturated rings. The summed E-state index contributed by atoms with van der Waals surface area (Å²) in [4.78, 5) is 5.19. The minimum Gasteiger partial charge on any atom is -0.497 e. The number of rotatable bonds is 4. The Morgan fingerprint density at radius 1 is 1.00 bits per heavy atom. The van der Waals surface area contributed by atoms with Crippen molar-refractivity contribution < 1.29 is 14.2 Å². The fourth-order valence-electron chi connectivity index (χ4n) is 3.39. The van der Waals surface area contributed by atoms with E-state index < -0.39 is 0 Å². The molecule has 4 aromatic rings. The van der Waals surface area contributed by atoms with E-state index in [9.17, 15) is 0 Å². The van der Waals surface area contributed by atoms with Crippen LogP contribution in [0.25, 0.3) is 22.0 Å². The van der Waals surface area contributed by atoms with Crippen molar-refractivity contribution in [3.05, 3.63) is 70.3 Å². The Hall–Kier alpha value is -3.58. The SMILES string of the molecule is CN=c1scc(-c2ccc3cc(OC)ccc3c2)n1N=Cc1ccc2c(c1)OCO2. The molecule has 5 rings (SSSR count). The van der Waals surface area contributed by atoms with Crippen molar-refractivity contribution in [1.29, 1.82) is 0 Å². The lowest BCUT2D eigenvalue weighted by molar-refractivity contribution is 0.174. The summed E-state index contributed by atoms with van der Waals surface area (Å²) in [6.07, 6.45) is 1.80. The third-order valence-corrected chi connectivity index (χ3v) is 5.85. The zero-order valence-electron chi connectivity index (χ0n) is 16.5. The van der Waals surface area contributed by atoms with Crippen LogP contribution in [0.4, 0.5) is 0 Å². The molecule has 0 unspecified atom stereocenters. The molecular formula is C23H19N3O3S. The molecule has 1 aliphatic heterocycles. The number of benzene rings is 3. The first-order valence-electron chi connectivity index (χ1n) is 9.41. The first-order chi connectivity index (χ1) is 14.7. The minimum absolute atomic E-state index is 0.256. The molecule has 6 nitrogen and oxygen atoms in total. The Balaban J connectivity index is 1.54. The number of hydrogen-bond acceptors (Lipinski definition) is 6. The second-order valence-electron chi connectivity index (χ2n) is 6.72. The molecular weight excluding hydrogens is 398 g/mol. The molecule has 0 amide bonds. The van der Waals surface area contributed by atoms with Crippen LogP contribution in [-0.2, 0) is 0 Å². The number of ether oxygens (including phenoxy) is 3. The van der Waals surface area contributed by atoms with Crippen molar-refractivity contribution in [3.8, 4) is 28.5 Å². The zero-order chi connectivity index (χ0) is 20.5. The Labute approximate surface area is 177 Å². The van der Waals surface area contributed by atoms with Gasteiger partial charge in [0.25, 0.3) is 0 Å². The highest BCUT2D eigenvalue weighted by molar-refractivity contribution is 7.07. The van der Waals surface area contributed by atoms with Crippen molar-refractivity contribution in [1.82, 2.24) is 4.68 Å². The summed E-state index contributed by atoms with van der Waals surface area (Å²) in [7, 11) is 3.45. The van der Waals surface area contributed by atoms with E-state index in [4.69, 9.17) is 19.3 Å². The number of methoxy groups -OCH3 is 1. The van der Waals surface area contributed by atoms with Crippen LogP contribution in [0.2, 0.25) is 0 Å². The second kappa shape index (κ2) is 7.68. The quantitative estimate of drug-likeness (QED) is 0.459. The lowest BCUT2D eigenvalue weighted by Gasteiger charge is -2.07. The van der Waals surface area contributed by atoms with E-state index in [1.807, 2.05) is 35.0 Å². The van der Waals surface area contributed by atoms with Gasteiger partial charge in [-0.3, -0.25) is 4.99 Å². The lowest BCUT2D eigenvalue weighted by Crippen LogP contribution is -2.11. The number of aromatic nitrogens is 1. The zero-order valence-corrected chi connectivity index (χ0v) is 17.3. The van der Waals surface area contributed by atoms with E-state index in [0.717, 1.165) is 49.6 Å². The molecule has 0 saturated heterocycles. The molecule has 1 aliphatic rings. The Morgan fingerprint density at radius 2 is 1.83 bits per heavy atom. The number of nitrogens with zero attached hydrogens (tertiary/aromatic N) is 3. The summed E-state index contributed by atoms with van der Waals surface area (Å²) in [5.41, 5.74) is 2.98. The molecule has 2 heterocycles. The normalized spacial score (nSPS) is 13.5. The van der Waals surface area contributed by atoms with Crippen molar-refractivity contribution >= 4 is 28.3 Å². The van der Waals surface area contributed by atoms with Gasteiger partial charge >= 0.3 is 0 Å². The highest BCUT2D eigenvalue weighted by atomic mass is 32.1. The van der Waals surface area contributed by atoms with Crippen molar-refractivity contribution in [2.24, 2.45) is 10.1 Å². The van der Waals surface area contributed by atoms with E-state index >= 15 is 0 Å². The summed E-state index contributed by atoms with van der Waals surface area (Å²) in [6, 6.07) is 18.2. The van der Waals surface area contributed by atoms with Crippen molar-refractivity contribution in [2.45, 2.75) is 0 Å². The van der Waals surface area contributed by atoms with Gasteiger partial charge in [0, 0.05) is 18.0 Å². The average molecular weight is 417 g/mol. The maximum Gasteiger partial charge on any atom is 0.231 e. The van der Waals surface area contributed by atoms with Crippen molar-refractivity contribution in [3.63, 3.8) is 0 Å². The molecule has 0 spiro atoms. The summed E-state index contributed by atoms with van der Waals surface area (Å²) in [6.45, 7) is 0.256. The van der Waals surface area contributed by atoms with E-state index in [1.54, 1.807) is 31.7 Å². The number of hydrogen-bond donors (Lipinski definition) is 0. The van der Waals surface area contributed by atoms with E-state index in [0.29, 0.717) is 0 Å². The average Bonchev–Trinajstić information content (AvgIpc) is 3.43. The molecule has 0 radical (unpaired) electrons. The lowest BCUT2D eigenvalue weighted by atomic mass is 10.1. The first-order valence-corrected chi connectivity index (χ1v) is 10.3. The fourth-order valence-corrected chi connectivity index (χ4v) is 4.19.